The van der Waals surface area contributed by atoms with E-state index in [1.165, 1.54) is 6.92 Å². The number of nitrogens with zero attached hydrogens (tertiary/aromatic N) is 2. The van der Waals surface area contributed by atoms with Crippen LogP contribution >= 0.6 is 12.4 Å². The van der Waals surface area contributed by atoms with Crippen LogP contribution in [0.5, 0.6) is 0 Å². The van der Waals surface area contributed by atoms with Gasteiger partial charge in [0.2, 0.25) is 15.9 Å². The first-order valence-electron chi connectivity index (χ1n) is 8.13. The lowest BCUT2D eigenvalue weighted by Gasteiger charge is -2.35. The highest BCUT2D eigenvalue weighted by Gasteiger charge is 2.32. The van der Waals surface area contributed by atoms with Crippen molar-refractivity contribution in [3.05, 3.63) is 11.5 Å². The summed E-state index contributed by atoms with van der Waals surface area (Å²) in [6.45, 7) is 7.80. The summed E-state index contributed by atoms with van der Waals surface area (Å²) < 4.78 is 32.3. The largest absolute Gasteiger partial charge is 0.360 e. The maximum absolute atomic E-state index is 12.5. The van der Waals surface area contributed by atoms with Crippen LogP contribution in [-0.4, -0.2) is 49.6 Å². The molecule has 25 heavy (non-hydrogen) atoms. The Morgan fingerprint density at radius 3 is 2.32 bits per heavy atom. The molecule has 0 radical (unpaired) electrons. The average Bonchev–Trinajstić information content (AvgIpc) is 2.85. The number of aromatic nitrogens is 1. The fourth-order valence-corrected chi connectivity index (χ4v) is 4.65. The number of amides is 1. The van der Waals surface area contributed by atoms with Gasteiger partial charge in [0.15, 0.2) is 5.76 Å². The van der Waals surface area contributed by atoms with Crippen LogP contribution in [0.3, 0.4) is 0 Å². The van der Waals surface area contributed by atoms with E-state index in [9.17, 15) is 13.2 Å². The number of likely N-dealkylation sites (tertiary alicyclic amines) is 1. The van der Waals surface area contributed by atoms with E-state index in [1.807, 2.05) is 6.92 Å². The summed E-state index contributed by atoms with van der Waals surface area (Å²) in [7, 11) is -3.86. The molecule has 1 fully saturated rings. The summed E-state index contributed by atoms with van der Waals surface area (Å²) in [6.07, 6.45) is 1.68. The Labute approximate surface area is 154 Å². The highest BCUT2D eigenvalue weighted by Crippen LogP contribution is 2.21. The third kappa shape index (κ3) is 4.93. The first kappa shape index (κ1) is 21.9. The van der Waals surface area contributed by atoms with Gasteiger partial charge in [-0.1, -0.05) is 5.16 Å². The van der Waals surface area contributed by atoms with Crippen LogP contribution in [-0.2, 0) is 14.8 Å². The Morgan fingerprint density at radius 2 is 1.88 bits per heavy atom. The van der Waals surface area contributed by atoms with Crippen LogP contribution in [0.15, 0.2) is 9.42 Å². The van der Waals surface area contributed by atoms with Crippen LogP contribution < -0.4 is 10.5 Å². The van der Waals surface area contributed by atoms with E-state index in [2.05, 4.69) is 9.88 Å². The van der Waals surface area contributed by atoms with Gasteiger partial charge in [-0.15, -0.1) is 12.4 Å². The number of hydrogen-bond donors (Lipinski definition) is 2. The van der Waals surface area contributed by atoms with E-state index >= 15 is 0 Å². The van der Waals surface area contributed by atoms with Crippen molar-refractivity contribution < 1.29 is 17.7 Å². The molecule has 0 aromatic carbocycles. The molecule has 0 spiro atoms. The van der Waals surface area contributed by atoms with Crippen LogP contribution in [0.4, 0.5) is 0 Å². The summed E-state index contributed by atoms with van der Waals surface area (Å²) in [4.78, 5) is 14.2. The summed E-state index contributed by atoms with van der Waals surface area (Å²) in [5.41, 5.74) is 6.18. The summed E-state index contributed by atoms with van der Waals surface area (Å²) in [6, 6.07) is -0.742. The zero-order chi connectivity index (χ0) is 18.1. The van der Waals surface area contributed by atoms with Gasteiger partial charge in [0, 0.05) is 19.1 Å². The number of carbonyl (C=O) groups excluding carboxylic acids is 1. The monoisotopic (exact) mass is 394 g/mol. The number of nitrogens with one attached hydrogen (secondary N) is 1. The van der Waals surface area contributed by atoms with Gasteiger partial charge in [-0.3, -0.25) is 4.79 Å². The molecule has 144 valence electrons. The van der Waals surface area contributed by atoms with E-state index in [0.717, 1.165) is 12.8 Å². The van der Waals surface area contributed by atoms with Crippen LogP contribution in [0.2, 0.25) is 0 Å². The van der Waals surface area contributed by atoms with E-state index in [4.69, 9.17) is 10.3 Å². The Bertz CT molecular complexity index is 677. The lowest BCUT2D eigenvalue weighted by Crippen LogP contribution is -2.50. The molecule has 10 heteroatoms. The molecule has 1 aliphatic rings. The highest BCUT2D eigenvalue weighted by atomic mass is 35.5. The Morgan fingerprint density at radius 1 is 1.32 bits per heavy atom. The summed E-state index contributed by atoms with van der Waals surface area (Å²) >= 11 is 0. The lowest BCUT2D eigenvalue weighted by atomic mass is 9.91. The van der Waals surface area contributed by atoms with Crippen molar-refractivity contribution in [2.24, 2.45) is 11.7 Å². The van der Waals surface area contributed by atoms with Crippen molar-refractivity contribution in [3.8, 4) is 0 Å². The minimum absolute atomic E-state index is 0. The Balaban J connectivity index is 0.00000312. The molecule has 0 bridgehead atoms. The Kier molecular flexibility index (Phi) is 7.42. The molecule has 3 N–H and O–H groups in total. The molecule has 1 amide bonds. The van der Waals surface area contributed by atoms with Crippen molar-refractivity contribution in [1.82, 2.24) is 14.8 Å². The van der Waals surface area contributed by atoms with Crippen LogP contribution in [0, 0.1) is 19.8 Å². The second-order valence-corrected chi connectivity index (χ2v) is 8.17. The van der Waals surface area contributed by atoms with E-state index in [-0.39, 0.29) is 40.7 Å². The fourth-order valence-electron chi connectivity index (χ4n) is 3.12. The van der Waals surface area contributed by atoms with Crippen molar-refractivity contribution >= 4 is 28.3 Å². The topological polar surface area (TPSA) is 119 Å². The van der Waals surface area contributed by atoms with Gasteiger partial charge < -0.3 is 15.2 Å². The SMILES string of the molecule is Cc1noc(C)c1S(=O)(=O)NC(C)C(=O)N1CCC(C(C)N)CC1.Cl. The van der Waals surface area contributed by atoms with Gasteiger partial charge in [0.1, 0.15) is 10.6 Å². The zero-order valence-electron chi connectivity index (χ0n) is 15.0. The molecule has 2 rings (SSSR count). The number of nitrogens with two attached hydrogens (primary N) is 1. The minimum Gasteiger partial charge on any atom is -0.360 e. The Hall–Kier alpha value is -1.16. The molecular weight excluding hydrogens is 368 g/mol. The van der Waals surface area contributed by atoms with E-state index in [1.54, 1.807) is 18.7 Å². The second-order valence-electron chi connectivity index (χ2n) is 6.52. The van der Waals surface area contributed by atoms with Gasteiger partial charge in [0.05, 0.1) is 6.04 Å². The lowest BCUT2D eigenvalue weighted by molar-refractivity contribution is -0.134. The molecular formula is C15H27ClN4O4S. The molecule has 2 heterocycles. The van der Waals surface area contributed by atoms with Gasteiger partial charge in [-0.25, -0.2) is 8.42 Å². The van der Waals surface area contributed by atoms with Crippen molar-refractivity contribution in [2.45, 2.75) is 57.5 Å². The molecule has 1 aromatic heterocycles. The van der Waals surface area contributed by atoms with Gasteiger partial charge in [-0.05, 0) is 46.5 Å². The first-order valence-corrected chi connectivity index (χ1v) is 9.61. The molecule has 0 aliphatic carbocycles. The molecule has 8 nitrogen and oxygen atoms in total. The number of piperidine rings is 1. The molecule has 0 saturated carbocycles. The number of sulfonamides is 1. The summed E-state index contributed by atoms with van der Waals surface area (Å²) in [5, 5.41) is 3.65. The van der Waals surface area contributed by atoms with Gasteiger partial charge in [-0.2, -0.15) is 4.72 Å². The standard InChI is InChI=1S/C15H26N4O4S.ClH/c1-9(16)13-5-7-19(8-6-13)15(20)11(3)18-24(21,22)14-10(2)17-23-12(14)4;/h9,11,13,18H,5-8,16H2,1-4H3;1H. The maximum Gasteiger partial charge on any atom is 0.246 e. The van der Waals surface area contributed by atoms with Crippen molar-refractivity contribution in [1.29, 1.82) is 0 Å². The predicted octanol–water partition coefficient (Wildman–Crippen LogP) is 0.966. The van der Waals surface area contributed by atoms with Crippen LogP contribution in [0.1, 0.15) is 38.1 Å². The molecule has 1 aliphatic heterocycles. The molecule has 1 saturated heterocycles. The number of carbonyl (C=O) groups is 1. The van der Waals surface area contributed by atoms with Crippen molar-refractivity contribution in [2.75, 3.05) is 13.1 Å². The average molecular weight is 395 g/mol. The molecule has 2 atom stereocenters. The normalized spacial score (nSPS) is 18.5. The minimum atomic E-state index is -3.86. The quantitative estimate of drug-likeness (QED) is 0.767. The molecule has 1 aromatic rings. The van der Waals surface area contributed by atoms with Crippen LogP contribution in [0.25, 0.3) is 0 Å². The van der Waals surface area contributed by atoms with Gasteiger partial charge >= 0.3 is 0 Å². The van der Waals surface area contributed by atoms with Crippen molar-refractivity contribution in [3.63, 3.8) is 0 Å². The number of halogens is 1. The fraction of sp³-hybridized carbons (Fsp3) is 0.733. The number of hydrogen-bond acceptors (Lipinski definition) is 6. The maximum atomic E-state index is 12.5. The second kappa shape index (κ2) is 8.48. The number of aryl methyl sites for hydroxylation is 2. The third-order valence-corrected chi connectivity index (χ3v) is 6.32. The van der Waals surface area contributed by atoms with E-state index < -0.39 is 16.1 Å². The summed E-state index contributed by atoms with van der Waals surface area (Å²) in [5.74, 6) is 0.384. The molecule has 2 unspecified atom stereocenters. The van der Waals surface area contributed by atoms with E-state index in [0.29, 0.717) is 19.0 Å². The smallest absolute Gasteiger partial charge is 0.246 e. The first-order chi connectivity index (χ1) is 11.1. The third-order valence-electron chi connectivity index (χ3n) is 4.53. The highest BCUT2D eigenvalue weighted by molar-refractivity contribution is 7.89. The zero-order valence-corrected chi connectivity index (χ0v) is 16.6. The predicted molar refractivity (Wildman–Crippen MR) is 96.0 cm³/mol. The van der Waals surface area contributed by atoms with Gasteiger partial charge in [0.25, 0.3) is 0 Å². The number of rotatable bonds is 5.